The van der Waals surface area contributed by atoms with Crippen LogP contribution in [0.5, 0.6) is 0 Å². The van der Waals surface area contributed by atoms with Crippen LogP contribution in [-0.2, 0) is 0 Å². The number of benzene rings is 2. The summed E-state index contributed by atoms with van der Waals surface area (Å²) in [6, 6.07) is 20.3. The van der Waals surface area contributed by atoms with Crippen LogP contribution >= 0.6 is 0 Å². The maximum absolute atomic E-state index is 4.48. The quantitative estimate of drug-likeness (QED) is 0.526. The largest absolute Gasteiger partial charge is 0.327 e. The van der Waals surface area contributed by atoms with Crippen molar-refractivity contribution in [1.82, 2.24) is 14.5 Å². The van der Waals surface area contributed by atoms with Gasteiger partial charge in [-0.05, 0) is 24.3 Å². The van der Waals surface area contributed by atoms with Gasteiger partial charge in [-0.1, -0.05) is 36.4 Å². The molecule has 0 spiro atoms. The molecule has 2 aromatic carbocycles. The first kappa shape index (κ1) is 11.8. The summed E-state index contributed by atoms with van der Waals surface area (Å²) in [5, 5.41) is 0. The van der Waals surface area contributed by atoms with Crippen LogP contribution in [0, 0.1) is 0 Å². The number of hydrogen-bond acceptors (Lipinski definition) is 2. The van der Waals surface area contributed by atoms with Crippen LogP contribution in [0.3, 0.4) is 0 Å². The lowest BCUT2D eigenvalue weighted by Crippen LogP contribution is -2.29. The fraction of sp³-hybridized carbons (Fsp3) is 0. The summed E-state index contributed by atoms with van der Waals surface area (Å²) in [7, 11) is 0. The van der Waals surface area contributed by atoms with E-state index in [0.717, 1.165) is 22.7 Å². The molecule has 4 nitrogen and oxygen atoms in total. The van der Waals surface area contributed by atoms with Gasteiger partial charge in [0.05, 0.1) is 6.20 Å². The minimum Gasteiger partial charge on any atom is -0.215 e. The van der Waals surface area contributed by atoms with Gasteiger partial charge in [0.25, 0.3) is 5.65 Å². The van der Waals surface area contributed by atoms with E-state index in [1.165, 1.54) is 0 Å². The summed E-state index contributed by atoms with van der Waals surface area (Å²) in [6.45, 7) is 0. The van der Waals surface area contributed by atoms with Gasteiger partial charge in [-0.3, -0.25) is 0 Å². The topological polar surface area (TPSA) is 34.6 Å². The van der Waals surface area contributed by atoms with Crippen molar-refractivity contribution in [3.8, 4) is 11.4 Å². The van der Waals surface area contributed by atoms with Crippen molar-refractivity contribution in [2.24, 2.45) is 0 Å². The minimum absolute atomic E-state index is 0.840. The Balaban J connectivity index is 2.02. The van der Waals surface area contributed by atoms with Gasteiger partial charge in [0.1, 0.15) is 17.6 Å². The van der Waals surface area contributed by atoms with Crippen LogP contribution in [0.1, 0.15) is 0 Å². The molecule has 0 aliphatic heterocycles. The zero-order valence-corrected chi connectivity index (χ0v) is 11.3. The molecular weight excluding hydrogens is 260 g/mol. The highest BCUT2D eigenvalue weighted by Crippen LogP contribution is 2.14. The van der Waals surface area contributed by atoms with Gasteiger partial charge in [-0.2, -0.15) is 4.57 Å². The maximum atomic E-state index is 4.48. The van der Waals surface area contributed by atoms with Crippen LogP contribution in [0.15, 0.2) is 79.4 Å². The van der Waals surface area contributed by atoms with Crippen LogP contribution < -0.4 is 4.57 Å². The van der Waals surface area contributed by atoms with E-state index in [9.17, 15) is 0 Å². The molecule has 100 valence electrons. The molecule has 0 fully saturated rings. The van der Waals surface area contributed by atoms with E-state index in [0.29, 0.717) is 0 Å². The Kier molecular flexibility index (Phi) is 2.71. The molecule has 4 rings (SSSR count). The van der Waals surface area contributed by atoms with E-state index in [1.807, 2.05) is 42.7 Å². The summed E-state index contributed by atoms with van der Waals surface area (Å²) < 4.78 is 4.10. The number of nitrogens with zero attached hydrogens (tertiary/aromatic N) is 4. The first-order valence-electron chi connectivity index (χ1n) is 6.78. The fourth-order valence-electron chi connectivity index (χ4n) is 2.44. The van der Waals surface area contributed by atoms with Gasteiger partial charge in [0, 0.05) is 0 Å². The van der Waals surface area contributed by atoms with Crippen molar-refractivity contribution < 1.29 is 4.57 Å². The molecule has 2 aromatic heterocycles. The Morgan fingerprint density at radius 3 is 2.19 bits per heavy atom. The van der Waals surface area contributed by atoms with Gasteiger partial charge >= 0.3 is 5.65 Å². The van der Waals surface area contributed by atoms with Gasteiger partial charge in [-0.25, -0.2) is 9.55 Å². The van der Waals surface area contributed by atoms with Crippen molar-refractivity contribution in [2.75, 3.05) is 0 Å². The van der Waals surface area contributed by atoms with Crippen molar-refractivity contribution in [3.05, 3.63) is 79.4 Å². The molecule has 4 aromatic rings. The monoisotopic (exact) mass is 273 g/mol. The van der Waals surface area contributed by atoms with Gasteiger partial charge in [0.15, 0.2) is 0 Å². The molecule has 0 saturated heterocycles. The Morgan fingerprint density at radius 1 is 0.762 bits per heavy atom. The molecule has 0 saturated carbocycles. The highest BCUT2D eigenvalue weighted by molar-refractivity contribution is 5.65. The number of aromatic nitrogens is 4. The second-order valence-corrected chi connectivity index (χ2v) is 4.73. The molecule has 0 radical (unpaired) electrons. The molecular formula is C17H13N4+. The first-order valence-corrected chi connectivity index (χ1v) is 6.78. The number of imidazole rings is 1. The van der Waals surface area contributed by atoms with E-state index in [-0.39, 0.29) is 0 Å². The average molecular weight is 273 g/mol. The van der Waals surface area contributed by atoms with Crippen molar-refractivity contribution >= 4 is 11.3 Å². The molecule has 0 aliphatic rings. The zero-order chi connectivity index (χ0) is 14.1. The summed E-state index contributed by atoms with van der Waals surface area (Å²) >= 11 is 0. The normalized spacial score (nSPS) is 10.9. The Bertz CT molecular complexity index is 809. The minimum atomic E-state index is 0.840. The second-order valence-electron chi connectivity index (χ2n) is 4.73. The first-order chi connectivity index (χ1) is 10.4. The molecule has 0 bridgehead atoms. The average Bonchev–Trinajstić information content (AvgIpc) is 2.96. The Labute approximate surface area is 122 Å². The van der Waals surface area contributed by atoms with Gasteiger partial charge in [0.2, 0.25) is 6.33 Å². The molecule has 0 atom stereocenters. The van der Waals surface area contributed by atoms with E-state index >= 15 is 0 Å². The third-order valence-corrected chi connectivity index (χ3v) is 3.42. The summed E-state index contributed by atoms with van der Waals surface area (Å²) in [6.07, 6.45) is 5.46. The van der Waals surface area contributed by atoms with Gasteiger partial charge in [-0.15, -0.1) is 4.98 Å². The molecule has 0 N–H and O–H groups in total. The standard InChI is InChI=1S/C17H13N4/c1-3-7-14(8-4-1)20-13-21(15-9-5-2-6-10-15)17-16(20)18-11-12-19-17/h1-13H/q+1. The lowest BCUT2D eigenvalue weighted by molar-refractivity contribution is -0.570. The summed E-state index contributed by atoms with van der Waals surface area (Å²) in [4.78, 5) is 8.97. The van der Waals surface area contributed by atoms with Crippen LogP contribution in [0.2, 0.25) is 0 Å². The summed E-state index contributed by atoms with van der Waals surface area (Å²) in [5.41, 5.74) is 3.82. The molecule has 0 aliphatic carbocycles. The number of rotatable bonds is 2. The van der Waals surface area contributed by atoms with Crippen LogP contribution in [0.25, 0.3) is 22.7 Å². The van der Waals surface area contributed by atoms with E-state index < -0.39 is 0 Å². The fourth-order valence-corrected chi connectivity index (χ4v) is 2.44. The highest BCUT2D eigenvalue weighted by atomic mass is 15.2. The van der Waals surface area contributed by atoms with Crippen molar-refractivity contribution in [1.29, 1.82) is 0 Å². The predicted octanol–water partition coefficient (Wildman–Crippen LogP) is 2.70. The van der Waals surface area contributed by atoms with E-state index in [4.69, 9.17) is 0 Å². The summed E-state index contributed by atoms with van der Waals surface area (Å²) in [5.74, 6) is 0. The smallest absolute Gasteiger partial charge is 0.215 e. The van der Waals surface area contributed by atoms with Crippen molar-refractivity contribution in [3.63, 3.8) is 0 Å². The van der Waals surface area contributed by atoms with Crippen LogP contribution in [0.4, 0.5) is 0 Å². The maximum Gasteiger partial charge on any atom is 0.327 e. The van der Waals surface area contributed by atoms with Crippen molar-refractivity contribution in [2.45, 2.75) is 0 Å². The van der Waals surface area contributed by atoms with Gasteiger partial charge < -0.3 is 0 Å². The molecule has 21 heavy (non-hydrogen) atoms. The van der Waals surface area contributed by atoms with E-state index in [2.05, 4.69) is 43.4 Å². The third kappa shape index (κ3) is 1.97. The number of para-hydroxylation sites is 2. The molecule has 2 heterocycles. The molecule has 4 heteroatoms. The lowest BCUT2D eigenvalue weighted by atomic mass is 10.3. The third-order valence-electron chi connectivity index (χ3n) is 3.42. The number of hydrogen-bond donors (Lipinski definition) is 0. The predicted molar refractivity (Wildman–Crippen MR) is 80.4 cm³/mol. The van der Waals surface area contributed by atoms with Crippen LogP contribution in [-0.4, -0.2) is 14.5 Å². The molecule has 0 amide bonds. The molecule has 0 unspecified atom stereocenters. The zero-order valence-electron chi connectivity index (χ0n) is 11.3. The SMILES string of the molecule is c1ccc(-n2c[n+](-c3ccccc3)c3nccnc32)cc1. The number of fused-ring (bicyclic) bond motifs is 1. The Hall–Kier alpha value is -3.01. The second kappa shape index (κ2) is 4.83. The van der Waals surface area contributed by atoms with E-state index in [1.54, 1.807) is 12.4 Å². The highest BCUT2D eigenvalue weighted by Gasteiger charge is 2.19. The lowest BCUT2D eigenvalue weighted by Gasteiger charge is -1.97. The Morgan fingerprint density at radius 2 is 1.43 bits per heavy atom.